The summed E-state index contributed by atoms with van der Waals surface area (Å²) < 4.78 is 5.10. The Hall–Kier alpha value is -1.13. The first-order chi connectivity index (χ1) is 9.20. The summed E-state index contributed by atoms with van der Waals surface area (Å²) in [5.74, 6) is -0.0892. The number of esters is 1. The van der Waals surface area contributed by atoms with Crippen molar-refractivity contribution in [2.45, 2.75) is 26.3 Å². The Balaban J connectivity index is 1.94. The van der Waals surface area contributed by atoms with E-state index < -0.39 is 0 Å². The summed E-state index contributed by atoms with van der Waals surface area (Å²) in [5.41, 5.74) is 1.01. The predicted molar refractivity (Wildman–Crippen MR) is 73.9 cm³/mol. The van der Waals surface area contributed by atoms with E-state index in [0.29, 0.717) is 11.8 Å². The van der Waals surface area contributed by atoms with Crippen LogP contribution in [0.5, 0.6) is 0 Å². The van der Waals surface area contributed by atoms with Gasteiger partial charge in [0.25, 0.3) is 0 Å². The number of hydrogen-bond donors (Lipinski definition) is 0. The lowest BCUT2D eigenvalue weighted by Gasteiger charge is -2.31. The van der Waals surface area contributed by atoms with Gasteiger partial charge in [0, 0.05) is 24.8 Å². The average molecular weight is 283 g/mol. The summed E-state index contributed by atoms with van der Waals surface area (Å²) in [7, 11) is 0. The van der Waals surface area contributed by atoms with Crippen molar-refractivity contribution in [2.75, 3.05) is 19.7 Å². The lowest BCUT2D eigenvalue weighted by Crippen LogP contribution is -2.39. The van der Waals surface area contributed by atoms with Crippen LogP contribution in [0.25, 0.3) is 0 Å². The normalized spacial score (nSPS) is 20.2. The molecule has 0 aromatic carbocycles. The fraction of sp³-hybridized carbons (Fsp3) is 0.571. The van der Waals surface area contributed by atoms with Gasteiger partial charge in [-0.1, -0.05) is 17.7 Å². The Morgan fingerprint density at radius 2 is 2.47 bits per heavy atom. The molecule has 2 heterocycles. The summed E-state index contributed by atoms with van der Waals surface area (Å²) in [6.45, 7) is 4.76. The van der Waals surface area contributed by atoms with Crippen LogP contribution in [-0.2, 0) is 16.1 Å². The van der Waals surface area contributed by atoms with Gasteiger partial charge in [-0.05, 0) is 32.4 Å². The van der Waals surface area contributed by atoms with Crippen molar-refractivity contribution in [1.29, 1.82) is 0 Å². The third-order valence-corrected chi connectivity index (χ3v) is 3.70. The van der Waals surface area contributed by atoms with Gasteiger partial charge in [0.15, 0.2) is 0 Å². The van der Waals surface area contributed by atoms with Gasteiger partial charge in [-0.25, -0.2) is 4.98 Å². The molecule has 104 valence electrons. The quantitative estimate of drug-likeness (QED) is 0.629. The molecule has 0 N–H and O–H groups in total. The molecule has 0 saturated carbocycles. The van der Waals surface area contributed by atoms with Gasteiger partial charge in [-0.2, -0.15) is 0 Å². The molecule has 1 aliphatic rings. The van der Waals surface area contributed by atoms with E-state index in [1.807, 2.05) is 19.1 Å². The van der Waals surface area contributed by atoms with E-state index in [1.54, 1.807) is 6.20 Å². The second-order valence-corrected chi connectivity index (χ2v) is 5.14. The van der Waals surface area contributed by atoms with Crippen LogP contribution in [0.1, 0.15) is 25.3 Å². The SMILES string of the molecule is CCOC(=O)C1CCCN(Cc2cccnc2Cl)C1. The second-order valence-electron chi connectivity index (χ2n) is 4.78. The number of piperidine rings is 1. The molecule has 0 bridgehead atoms. The Morgan fingerprint density at radius 3 is 3.21 bits per heavy atom. The Kier molecular flexibility index (Phi) is 5.16. The summed E-state index contributed by atoms with van der Waals surface area (Å²) in [4.78, 5) is 18.1. The van der Waals surface area contributed by atoms with Gasteiger partial charge in [-0.3, -0.25) is 9.69 Å². The highest BCUT2D eigenvalue weighted by Crippen LogP contribution is 2.21. The lowest BCUT2D eigenvalue weighted by molar-refractivity contribution is -0.150. The number of hydrogen-bond acceptors (Lipinski definition) is 4. The van der Waals surface area contributed by atoms with Crippen molar-refractivity contribution in [1.82, 2.24) is 9.88 Å². The minimum atomic E-state index is -0.0792. The Bertz CT molecular complexity index is 439. The van der Waals surface area contributed by atoms with Crippen LogP contribution >= 0.6 is 11.6 Å². The monoisotopic (exact) mass is 282 g/mol. The fourth-order valence-corrected chi connectivity index (χ4v) is 2.61. The number of likely N-dealkylation sites (tertiary alicyclic amines) is 1. The van der Waals surface area contributed by atoms with Gasteiger partial charge in [0.05, 0.1) is 12.5 Å². The molecule has 1 unspecified atom stereocenters. The van der Waals surface area contributed by atoms with Crippen molar-refractivity contribution in [3.63, 3.8) is 0 Å². The highest BCUT2D eigenvalue weighted by atomic mass is 35.5. The highest BCUT2D eigenvalue weighted by molar-refractivity contribution is 6.30. The first-order valence-corrected chi connectivity index (χ1v) is 7.07. The maximum Gasteiger partial charge on any atom is 0.310 e. The molecule has 5 heteroatoms. The van der Waals surface area contributed by atoms with Crippen molar-refractivity contribution in [3.05, 3.63) is 29.0 Å². The molecule has 1 aromatic rings. The number of halogens is 1. The minimum Gasteiger partial charge on any atom is -0.466 e. The van der Waals surface area contributed by atoms with Crippen LogP contribution in [0.2, 0.25) is 5.15 Å². The van der Waals surface area contributed by atoms with Gasteiger partial charge >= 0.3 is 5.97 Å². The van der Waals surface area contributed by atoms with Crippen LogP contribution in [0.4, 0.5) is 0 Å². The largest absolute Gasteiger partial charge is 0.466 e. The Morgan fingerprint density at radius 1 is 1.63 bits per heavy atom. The van der Waals surface area contributed by atoms with Crippen molar-refractivity contribution < 1.29 is 9.53 Å². The molecule has 0 aliphatic carbocycles. The van der Waals surface area contributed by atoms with Crippen molar-refractivity contribution >= 4 is 17.6 Å². The third-order valence-electron chi connectivity index (χ3n) is 3.36. The molecule has 19 heavy (non-hydrogen) atoms. The third kappa shape index (κ3) is 3.91. The maximum absolute atomic E-state index is 11.8. The fourth-order valence-electron chi connectivity index (χ4n) is 2.43. The molecule has 0 radical (unpaired) electrons. The van der Waals surface area contributed by atoms with E-state index >= 15 is 0 Å². The summed E-state index contributed by atoms with van der Waals surface area (Å²) in [6.07, 6.45) is 3.61. The topological polar surface area (TPSA) is 42.4 Å². The molecular weight excluding hydrogens is 264 g/mol. The molecule has 1 fully saturated rings. The lowest BCUT2D eigenvalue weighted by atomic mass is 9.98. The number of carbonyl (C=O) groups is 1. The van der Waals surface area contributed by atoms with Crippen molar-refractivity contribution in [3.8, 4) is 0 Å². The molecule has 2 rings (SSSR count). The molecule has 0 amide bonds. The van der Waals surface area contributed by atoms with Crippen molar-refractivity contribution in [2.24, 2.45) is 5.92 Å². The van der Waals surface area contributed by atoms with Gasteiger partial charge in [0.2, 0.25) is 0 Å². The first-order valence-electron chi connectivity index (χ1n) is 6.69. The number of pyridine rings is 1. The zero-order valence-corrected chi connectivity index (χ0v) is 11.9. The Labute approximate surface area is 118 Å². The van der Waals surface area contributed by atoms with Crippen LogP contribution < -0.4 is 0 Å². The van der Waals surface area contributed by atoms with Crippen LogP contribution in [0, 0.1) is 5.92 Å². The van der Waals surface area contributed by atoms with E-state index in [-0.39, 0.29) is 11.9 Å². The van der Waals surface area contributed by atoms with Crippen LogP contribution in [0.3, 0.4) is 0 Å². The molecular formula is C14H19ClN2O2. The molecule has 1 aliphatic heterocycles. The number of ether oxygens (including phenoxy) is 1. The van der Waals surface area contributed by atoms with Crippen LogP contribution in [0.15, 0.2) is 18.3 Å². The summed E-state index contributed by atoms with van der Waals surface area (Å²) >= 11 is 6.06. The van der Waals surface area contributed by atoms with E-state index in [0.717, 1.165) is 38.0 Å². The number of aromatic nitrogens is 1. The molecule has 1 atom stereocenters. The van der Waals surface area contributed by atoms with E-state index in [9.17, 15) is 4.79 Å². The van der Waals surface area contributed by atoms with Gasteiger partial charge in [-0.15, -0.1) is 0 Å². The number of carbonyl (C=O) groups excluding carboxylic acids is 1. The molecule has 4 nitrogen and oxygen atoms in total. The molecule has 1 saturated heterocycles. The van der Waals surface area contributed by atoms with E-state index in [2.05, 4.69) is 9.88 Å². The number of nitrogens with zero attached hydrogens (tertiary/aromatic N) is 2. The summed E-state index contributed by atoms with van der Waals surface area (Å²) in [5, 5.41) is 0.542. The zero-order chi connectivity index (χ0) is 13.7. The van der Waals surface area contributed by atoms with E-state index in [1.165, 1.54) is 0 Å². The average Bonchev–Trinajstić information content (AvgIpc) is 2.42. The highest BCUT2D eigenvalue weighted by Gasteiger charge is 2.27. The second kappa shape index (κ2) is 6.87. The zero-order valence-electron chi connectivity index (χ0n) is 11.1. The molecule has 1 aromatic heterocycles. The minimum absolute atomic E-state index is 0.0100. The number of rotatable bonds is 4. The van der Waals surface area contributed by atoms with Gasteiger partial charge in [0.1, 0.15) is 5.15 Å². The molecule has 0 spiro atoms. The van der Waals surface area contributed by atoms with E-state index in [4.69, 9.17) is 16.3 Å². The smallest absolute Gasteiger partial charge is 0.310 e. The maximum atomic E-state index is 11.8. The van der Waals surface area contributed by atoms with Gasteiger partial charge < -0.3 is 4.74 Å². The van der Waals surface area contributed by atoms with Crippen LogP contribution in [-0.4, -0.2) is 35.5 Å². The first kappa shape index (κ1) is 14.3. The predicted octanol–water partition coefficient (Wildman–Crippen LogP) is 2.51. The standard InChI is InChI=1S/C14H19ClN2O2/c1-2-19-14(18)12-6-4-8-17(10-12)9-11-5-3-7-16-13(11)15/h3,5,7,12H,2,4,6,8-10H2,1H3. The summed E-state index contributed by atoms with van der Waals surface area (Å²) in [6, 6.07) is 3.86.